The van der Waals surface area contributed by atoms with Crippen LogP contribution in [0.25, 0.3) is 0 Å². The molecule has 1 saturated heterocycles. The minimum atomic E-state index is -3.81. The summed E-state index contributed by atoms with van der Waals surface area (Å²) in [5.74, 6) is -0.585. The molecule has 1 aliphatic rings. The lowest BCUT2D eigenvalue weighted by atomic mass is 9.87. The molecule has 1 aliphatic heterocycles. The van der Waals surface area contributed by atoms with Crippen molar-refractivity contribution < 1.29 is 16.8 Å². The van der Waals surface area contributed by atoms with E-state index >= 15 is 0 Å². The Morgan fingerprint density at radius 1 is 1.03 bits per heavy atom. The van der Waals surface area contributed by atoms with Crippen molar-refractivity contribution in [2.24, 2.45) is 0 Å². The maximum absolute atomic E-state index is 13.2. The molecule has 158 valence electrons. The van der Waals surface area contributed by atoms with Crippen molar-refractivity contribution in [3.8, 4) is 0 Å². The van der Waals surface area contributed by atoms with Gasteiger partial charge in [0.25, 0.3) is 0 Å². The lowest BCUT2D eigenvalue weighted by molar-refractivity contribution is 0.526. The zero-order valence-corrected chi connectivity index (χ0v) is 19.1. The lowest BCUT2D eigenvalue weighted by Crippen LogP contribution is -2.43. The van der Waals surface area contributed by atoms with Gasteiger partial charge in [0.1, 0.15) is 0 Å². The van der Waals surface area contributed by atoms with Gasteiger partial charge in [-0.05, 0) is 34.7 Å². The van der Waals surface area contributed by atoms with E-state index in [0.29, 0.717) is 11.6 Å². The van der Waals surface area contributed by atoms with Gasteiger partial charge in [-0.25, -0.2) is 16.8 Å². The van der Waals surface area contributed by atoms with Crippen LogP contribution in [0.15, 0.2) is 53.4 Å². The molecule has 2 aromatic carbocycles. The second-order valence-electron chi connectivity index (χ2n) is 8.51. The van der Waals surface area contributed by atoms with Gasteiger partial charge in [0, 0.05) is 17.6 Å². The van der Waals surface area contributed by atoms with Crippen LogP contribution in [0.3, 0.4) is 0 Å². The van der Waals surface area contributed by atoms with Crippen LogP contribution in [0.2, 0.25) is 5.02 Å². The minimum absolute atomic E-state index is 0.0992. The number of sulfone groups is 2. The van der Waals surface area contributed by atoms with E-state index in [2.05, 4.69) is 26.1 Å². The predicted octanol–water partition coefficient (Wildman–Crippen LogP) is 3.37. The van der Waals surface area contributed by atoms with Gasteiger partial charge < -0.3 is 5.32 Å². The van der Waals surface area contributed by atoms with Gasteiger partial charge in [-0.2, -0.15) is 0 Å². The highest BCUT2D eigenvalue weighted by atomic mass is 35.5. The molecule has 3 rings (SSSR count). The van der Waals surface area contributed by atoms with E-state index in [-0.39, 0.29) is 21.8 Å². The van der Waals surface area contributed by atoms with Crippen molar-refractivity contribution in [2.75, 3.05) is 11.5 Å². The Bertz CT molecular complexity index is 1090. The van der Waals surface area contributed by atoms with Crippen molar-refractivity contribution in [3.63, 3.8) is 0 Å². The average molecular weight is 456 g/mol. The van der Waals surface area contributed by atoms with Crippen LogP contribution in [0, 0.1) is 0 Å². The molecule has 1 fully saturated rings. The Balaban J connectivity index is 1.86. The van der Waals surface area contributed by atoms with E-state index in [0.717, 1.165) is 11.1 Å². The summed E-state index contributed by atoms with van der Waals surface area (Å²) in [6.45, 7) is 6.45. The van der Waals surface area contributed by atoms with Crippen LogP contribution < -0.4 is 5.32 Å². The monoisotopic (exact) mass is 455 g/mol. The van der Waals surface area contributed by atoms with Crippen molar-refractivity contribution in [1.29, 1.82) is 0 Å². The second kappa shape index (κ2) is 8.02. The smallest absolute Gasteiger partial charge is 0.183 e. The first-order chi connectivity index (χ1) is 13.4. The first-order valence-corrected chi connectivity index (χ1v) is 13.2. The standard InChI is InChI=1S/C21H26ClNO4S2/c1-21(2,3)16-8-10-17(11-9-16)29(26,27)20-14-28(24,25)13-19(20)23-12-15-6-4-5-7-18(15)22/h4-11,19-20,23H,12-14H2,1-3H3/t19-,20-/m0/s1. The molecule has 1 N–H and O–H groups in total. The van der Waals surface area contributed by atoms with Gasteiger partial charge in [0.05, 0.1) is 21.7 Å². The summed E-state index contributed by atoms with van der Waals surface area (Å²) in [4.78, 5) is 0.150. The maximum Gasteiger partial charge on any atom is 0.183 e. The fourth-order valence-corrected chi connectivity index (χ4v) is 8.43. The summed E-state index contributed by atoms with van der Waals surface area (Å²) in [7, 11) is -7.27. The summed E-state index contributed by atoms with van der Waals surface area (Å²) in [5, 5.41) is 2.63. The molecule has 29 heavy (non-hydrogen) atoms. The molecule has 1 heterocycles. The molecule has 0 amide bonds. The van der Waals surface area contributed by atoms with Crippen molar-refractivity contribution in [1.82, 2.24) is 5.32 Å². The number of halogens is 1. The van der Waals surface area contributed by atoms with Gasteiger partial charge in [-0.15, -0.1) is 0 Å². The Morgan fingerprint density at radius 3 is 2.24 bits per heavy atom. The zero-order chi connectivity index (χ0) is 21.4. The second-order valence-corrected chi connectivity index (χ2v) is 13.2. The Morgan fingerprint density at radius 2 is 1.66 bits per heavy atom. The van der Waals surface area contributed by atoms with Crippen LogP contribution >= 0.6 is 11.6 Å². The van der Waals surface area contributed by atoms with E-state index in [1.807, 2.05) is 12.1 Å². The van der Waals surface area contributed by atoms with E-state index in [1.54, 1.807) is 36.4 Å². The highest BCUT2D eigenvalue weighted by Crippen LogP contribution is 2.29. The SMILES string of the molecule is CC(C)(C)c1ccc(S(=O)(=O)[C@H]2CS(=O)(=O)C[C@@H]2NCc2ccccc2Cl)cc1. The number of benzene rings is 2. The van der Waals surface area contributed by atoms with Crippen LogP contribution in [-0.2, 0) is 31.6 Å². The first-order valence-electron chi connectivity index (χ1n) is 9.42. The quantitative estimate of drug-likeness (QED) is 0.747. The van der Waals surface area contributed by atoms with Crippen LogP contribution in [0.4, 0.5) is 0 Å². The Labute approximate surface area is 178 Å². The molecular weight excluding hydrogens is 430 g/mol. The van der Waals surface area contributed by atoms with Gasteiger partial charge in [0.2, 0.25) is 0 Å². The number of hydrogen-bond acceptors (Lipinski definition) is 5. The topological polar surface area (TPSA) is 80.3 Å². The molecule has 0 saturated carbocycles. The van der Waals surface area contributed by atoms with Gasteiger partial charge >= 0.3 is 0 Å². The summed E-state index contributed by atoms with van der Waals surface area (Å²) in [5.41, 5.74) is 1.71. The summed E-state index contributed by atoms with van der Waals surface area (Å²) in [6.07, 6.45) is 0. The summed E-state index contributed by atoms with van der Waals surface area (Å²) < 4.78 is 51.0. The minimum Gasteiger partial charge on any atom is -0.308 e. The van der Waals surface area contributed by atoms with Crippen molar-refractivity contribution in [2.45, 2.75) is 48.9 Å². The third kappa shape index (κ3) is 5.02. The van der Waals surface area contributed by atoms with Gasteiger partial charge in [-0.1, -0.05) is 62.7 Å². The van der Waals surface area contributed by atoms with E-state index in [9.17, 15) is 16.8 Å². The molecule has 0 aliphatic carbocycles. The van der Waals surface area contributed by atoms with Crippen molar-refractivity contribution in [3.05, 3.63) is 64.7 Å². The highest BCUT2D eigenvalue weighted by molar-refractivity contribution is 7.96. The van der Waals surface area contributed by atoms with Crippen molar-refractivity contribution >= 4 is 31.3 Å². The molecule has 0 radical (unpaired) electrons. The fourth-order valence-electron chi connectivity index (χ4n) is 3.51. The molecule has 0 spiro atoms. The normalized spacial score (nSPS) is 21.9. The lowest BCUT2D eigenvalue weighted by Gasteiger charge is -2.22. The molecule has 0 unspecified atom stereocenters. The molecule has 8 heteroatoms. The third-order valence-corrected chi connectivity index (χ3v) is 9.80. The van der Waals surface area contributed by atoms with E-state index in [1.165, 1.54) is 0 Å². The molecule has 0 aromatic heterocycles. The zero-order valence-electron chi connectivity index (χ0n) is 16.7. The summed E-state index contributed by atoms with van der Waals surface area (Å²) >= 11 is 6.16. The third-order valence-electron chi connectivity index (χ3n) is 5.26. The first kappa shape index (κ1) is 22.3. The van der Waals surface area contributed by atoms with Crippen LogP contribution in [0.5, 0.6) is 0 Å². The molecule has 2 atom stereocenters. The predicted molar refractivity (Wildman–Crippen MR) is 117 cm³/mol. The van der Waals surface area contributed by atoms with Gasteiger partial charge in [-0.3, -0.25) is 0 Å². The Hall–Kier alpha value is -1.41. The number of nitrogens with one attached hydrogen (secondary N) is 1. The summed E-state index contributed by atoms with van der Waals surface area (Å²) in [6, 6.07) is 13.3. The number of rotatable bonds is 5. The highest BCUT2D eigenvalue weighted by Gasteiger charge is 2.45. The van der Waals surface area contributed by atoms with E-state index < -0.39 is 31.0 Å². The largest absolute Gasteiger partial charge is 0.308 e. The Kier molecular flexibility index (Phi) is 6.16. The maximum atomic E-state index is 13.2. The average Bonchev–Trinajstić information content (AvgIpc) is 2.96. The number of hydrogen-bond donors (Lipinski definition) is 1. The fraction of sp³-hybridized carbons (Fsp3) is 0.429. The molecular formula is C21H26ClNO4S2. The van der Waals surface area contributed by atoms with Crippen LogP contribution in [-0.4, -0.2) is 39.6 Å². The van der Waals surface area contributed by atoms with Crippen LogP contribution in [0.1, 0.15) is 31.9 Å². The molecule has 0 bridgehead atoms. The van der Waals surface area contributed by atoms with Gasteiger partial charge in [0.15, 0.2) is 19.7 Å². The van der Waals surface area contributed by atoms with E-state index in [4.69, 9.17) is 11.6 Å². The molecule has 5 nitrogen and oxygen atoms in total. The molecule has 2 aromatic rings.